The Hall–Kier alpha value is -3.61. The van der Waals surface area contributed by atoms with Crippen LogP contribution >= 0.6 is 0 Å². The largest absolute Gasteiger partial charge is 0.480 e. The van der Waals surface area contributed by atoms with Gasteiger partial charge in [0.2, 0.25) is 5.91 Å². The number of nitrogens with zero attached hydrogens (tertiary/aromatic N) is 1. The van der Waals surface area contributed by atoms with Crippen molar-refractivity contribution in [2.75, 3.05) is 0 Å². The predicted octanol–water partition coefficient (Wildman–Crippen LogP) is 3.68. The third kappa shape index (κ3) is 5.97. The minimum atomic E-state index is -1.12. The highest BCUT2D eigenvalue weighted by atomic mass is 16.6. The van der Waals surface area contributed by atoms with E-state index in [2.05, 4.69) is 5.32 Å². The Kier molecular flexibility index (Phi) is 7.65. The molecule has 2 atom stereocenters. The van der Waals surface area contributed by atoms with E-state index in [4.69, 9.17) is 4.74 Å². The number of amides is 2. The number of benzene rings is 2. The Bertz CT molecular complexity index is 998. The molecule has 3 rings (SSSR count). The third-order valence-electron chi connectivity index (χ3n) is 5.37. The van der Waals surface area contributed by atoms with Gasteiger partial charge in [0, 0.05) is 6.42 Å². The number of carbonyl (C=O) groups is 3. The number of nitrogens with one attached hydrogen (secondary N) is 1. The number of fused-ring (bicyclic) bond motifs is 1. The topological polar surface area (TPSA) is 95.9 Å². The van der Waals surface area contributed by atoms with Gasteiger partial charge in [-0.3, -0.25) is 9.69 Å². The van der Waals surface area contributed by atoms with E-state index >= 15 is 0 Å². The lowest BCUT2D eigenvalue weighted by molar-refractivity contribution is -0.142. The van der Waals surface area contributed by atoms with E-state index in [9.17, 15) is 19.5 Å². The Labute approximate surface area is 187 Å². The molecule has 32 heavy (non-hydrogen) atoms. The Morgan fingerprint density at radius 2 is 1.75 bits per heavy atom. The summed E-state index contributed by atoms with van der Waals surface area (Å²) in [7, 11) is 0. The fourth-order valence-corrected chi connectivity index (χ4v) is 3.59. The zero-order chi connectivity index (χ0) is 23.1. The van der Waals surface area contributed by atoms with Crippen LogP contribution in [0.15, 0.2) is 66.2 Å². The molecule has 168 valence electrons. The first-order chi connectivity index (χ1) is 15.3. The van der Waals surface area contributed by atoms with Gasteiger partial charge in [-0.05, 0) is 37.0 Å². The highest BCUT2D eigenvalue weighted by Crippen LogP contribution is 2.24. The van der Waals surface area contributed by atoms with Crippen LogP contribution in [0.3, 0.4) is 0 Å². The van der Waals surface area contributed by atoms with Crippen molar-refractivity contribution in [3.05, 3.63) is 82.9 Å². The number of carboxylic acids is 1. The van der Waals surface area contributed by atoms with Crippen LogP contribution in [0, 0.1) is 0 Å². The highest BCUT2D eigenvalue weighted by Gasteiger charge is 2.37. The number of carboxylic acid groups (broad SMARTS) is 1. The molecule has 1 heterocycles. The zero-order valence-corrected chi connectivity index (χ0v) is 18.3. The van der Waals surface area contributed by atoms with E-state index in [0.717, 1.165) is 22.3 Å². The van der Waals surface area contributed by atoms with Crippen molar-refractivity contribution in [1.82, 2.24) is 10.2 Å². The summed E-state index contributed by atoms with van der Waals surface area (Å²) in [4.78, 5) is 39.1. The van der Waals surface area contributed by atoms with Gasteiger partial charge >= 0.3 is 12.1 Å². The molecule has 2 N–H and O–H groups in total. The maximum atomic E-state index is 13.1. The number of rotatable bonds is 7. The Morgan fingerprint density at radius 3 is 2.41 bits per heavy atom. The summed E-state index contributed by atoms with van der Waals surface area (Å²) in [6.45, 7) is 4.03. The molecule has 1 aliphatic rings. The van der Waals surface area contributed by atoms with Crippen LogP contribution in [-0.4, -0.2) is 40.1 Å². The molecule has 0 unspecified atom stereocenters. The maximum absolute atomic E-state index is 13.1. The summed E-state index contributed by atoms with van der Waals surface area (Å²) in [5.74, 6) is -1.63. The number of ether oxygens (including phenoxy) is 1. The summed E-state index contributed by atoms with van der Waals surface area (Å²) in [5, 5.41) is 12.1. The monoisotopic (exact) mass is 436 g/mol. The van der Waals surface area contributed by atoms with Crippen molar-refractivity contribution in [2.45, 2.75) is 51.9 Å². The molecule has 0 saturated heterocycles. The molecule has 0 aromatic heterocycles. The van der Waals surface area contributed by atoms with Crippen molar-refractivity contribution in [2.24, 2.45) is 0 Å². The van der Waals surface area contributed by atoms with Gasteiger partial charge in [0.15, 0.2) is 0 Å². The maximum Gasteiger partial charge on any atom is 0.411 e. The molecule has 0 radical (unpaired) electrons. The first-order valence-electron chi connectivity index (χ1n) is 10.6. The van der Waals surface area contributed by atoms with Crippen LogP contribution in [0.25, 0.3) is 0 Å². The van der Waals surface area contributed by atoms with E-state index in [-0.39, 0.29) is 26.0 Å². The van der Waals surface area contributed by atoms with Crippen molar-refractivity contribution >= 4 is 18.0 Å². The molecule has 2 aromatic rings. The fourth-order valence-electron chi connectivity index (χ4n) is 3.59. The van der Waals surface area contributed by atoms with E-state index < -0.39 is 30.1 Å². The van der Waals surface area contributed by atoms with Crippen LogP contribution in [0.5, 0.6) is 0 Å². The number of allylic oxidation sites excluding steroid dienone is 1. The molecule has 1 aliphatic heterocycles. The number of hydrogen-bond acceptors (Lipinski definition) is 4. The van der Waals surface area contributed by atoms with Crippen molar-refractivity contribution in [3.63, 3.8) is 0 Å². The minimum Gasteiger partial charge on any atom is -0.480 e. The molecule has 0 fully saturated rings. The molecular formula is C25H28N2O5. The lowest BCUT2D eigenvalue weighted by Gasteiger charge is -2.35. The number of hydrogen-bond donors (Lipinski definition) is 2. The van der Waals surface area contributed by atoms with E-state index in [1.807, 2.05) is 68.4 Å². The van der Waals surface area contributed by atoms with Crippen LogP contribution < -0.4 is 5.32 Å². The van der Waals surface area contributed by atoms with Gasteiger partial charge in [0.05, 0.1) is 6.54 Å². The van der Waals surface area contributed by atoms with Gasteiger partial charge in [-0.2, -0.15) is 0 Å². The van der Waals surface area contributed by atoms with Crippen molar-refractivity contribution in [3.8, 4) is 0 Å². The molecule has 0 aliphatic carbocycles. The summed E-state index contributed by atoms with van der Waals surface area (Å²) in [6.07, 6.45) is 1.61. The highest BCUT2D eigenvalue weighted by molar-refractivity contribution is 5.90. The second kappa shape index (κ2) is 10.6. The first kappa shape index (κ1) is 23.1. The van der Waals surface area contributed by atoms with Crippen molar-refractivity contribution in [1.29, 1.82) is 0 Å². The SMILES string of the molecule is CC(C)=CC[C@@H](NC(=O)[C@@H]1Cc2ccccc2CN1C(=O)OCc1ccccc1)C(=O)O. The molecule has 2 amide bonds. The average molecular weight is 437 g/mol. The minimum absolute atomic E-state index is 0.0878. The van der Waals surface area contributed by atoms with Gasteiger partial charge in [-0.25, -0.2) is 9.59 Å². The second-order valence-corrected chi connectivity index (χ2v) is 8.07. The number of carbonyl (C=O) groups excluding carboxylic acids is 2. The van der Waals surface area contributed by atoms with E-state index in [0.29, 0.717) is 0 Å². The molecule has 2 aromatic carbocycles. The predicted molar refractivity (Wildman–Crippen MR) is 120 cm³/mol. The van der Waals surface area contributed by atoms with Crippen LogP contribution in [0.4, 0.5) is 4.79 Å². The van der Waals surface area contributed by atoms with E-state index in [1.165, 1.54) is 4.90 Å². The average Bonchev–Trinajstić information content (AvgIpc) is 2.79. The Morgan fingerprint density at radius 1 is 1.09 bits per heavy atom. The Balaban J connectivity index is 1.78. The van der Waals surface area contributed by atoms with Gasteiger partial charge in [-0.1, -0.05) is 66.2 Å². The van der Waals surface area contributed by atoms with Crippen LogP contribution in [0.1, 0.15) is 37.0 Å². The smallest absolute Gasteiger partial charge is 0.411 e. The molecule has 0 spiro atoms. The molecule has 7 nitrogen and oxygen atoms in total. The molecule has 0 bridgehead atoms. The normalized spacial score (nSPS) is 15.8. The zero-order valence-electron chi connectivity index (χ0n) is 18.3. The third-order valence-corrected chi connectivity index (χ3v) is 5.37. The summed E-state index contributed by atoms with van der Waals surface area (Å²) in [5.41, 5.74) is 3.69. The van der Waals surface area contributed by atoms with Crippen LogP contribution in [0.2, 0.25) is 0 Å². The van der Waals surface area contributed by atoms with Gasteiger partial charge in [-0.15, -0.1) is 0 Å². The summed E-state index contributed by atoms with van der Waals surface area (Å²) < 4.78 is 5.48. The molecular weight excluding hydrogens is 408 g/mol. The first-order valence-corrected chi connectivity index (χ1v) is 10.6. The van der Waals surface area contributed by atoms with Gasteiger partial charge < -0.3 is 15.2 Å². The number of aliphatic carboxylic acids is 1. The van der Waals surface area contributed by atoms with Gasteiger partial charge in [0.25, 0.3) is 0 Å². The van der Waals surface area contributed by atoms with E-state index in [1.54, 1.807) is 6.08 Å². The summed E-state index contributed by atoms with van der Waals surface area (Å²) in [6, 6.07) is 15.0. The lowest BCUT2D eigenvalue weighted by atomic mass is 9.93. The molecule has 0 saturated carbocycles. The lowest BCUT2D eigenvalue weighted by Crippen LogP contribution is -2.55. The van der Waals surface area contributed by atoms with Crippen molar-refractivity contribution < 1.29 is 24.2 Å². The fraction of sp³-hybridized carbons (Fsp3) is 0.320. The van der Waals surface area contributed by atoms with Crippen LogP contribution in [-0.2, 0) is 33.9 Å². The molecule has 7 heteroatoms. The quantitative estimate of drug-likeness (QED) is 0.646. The standard InChI is InChI=1S/C25H28N2O5/c1-17(2)12-13-21(24(29)30)26-23(28)22-14-19-10-6-7-11-20(19)15-27(22)25(31)32-16-18-8-4-3-5-9-18/h3-12,21-22H,13-16H2,1-2H3,(H,26,28)(H,29,30)/t21-,22+/m1/s1. The second-order valence-electron chi connectivity index (χ2n) is 8.07. The summed E-state index contributed by atoms with van der Waals surface area (Å²) >= 11 is 0. The van der Waals surface area contributed by atoms with Gasteiger partial charge in [0.1, 0.15) is 18.7 Å².